The van der Waals surface area contributed by atoms with Crippen molar-refractivity contribution in [1.29, 1.82) is 0 Å². The predicted molar refractivity (Wildman–Crippen MR) is 104 cm³/mol. The first kappa shape index (κ1) is 16.1. The number of Topliss-reactive ketones (excluding diaryl/α,β-unsaturated/α-hetero) is 1. The van der Waals surface area contributed by atoms with Crippen LogP contribution in [0, 0.1) is 6.92 Å². The van der Waals surface area contributed by atoms with E-state index >= 15 is 0 Å². The van der Waals surface area contributed by atoms with Crippen LogP contribution in [0.2, 0.25) is 0 Å². The number of carbonyl (C=O) groups excluding carboxylic acids is 1. The molecule has 1 aromatic heterocycles. The number of aryl methyl sites for hydroxylation is 1. The van der Waals surface area contributed by atoms with Crippen molar-refractivity contribution in [2.45, 2.75) is 31.6 Å². The molecule has 1 aliphatic heterocycles. The molecule has 2 heterocycles. The van der Waals surface area contributed by atoms with E-state index in [2.05, 4.69) is 34.7 Å². The fraction of sp³-hybridized carbons (Fsp3) is 0.217. The van der Waals surface area contributed by atoms with Crippen LogP contribution >= 0.6 is 0 Å². The van der Waals surface area contributed by atoms with E-state index in [-0.39, 0.29) is 17.6 Å². The lowest BCUT2D eigenvalue weighted by atomic mass is 9.72. The van der Waals surface area contributed by atoms with Crippen molar-refractivity contribution < 1.29 is 9.32 Å². The van der Waals surface area contributed by atoms with Gasteiger partial charge in [-0.2, -0.15) is 0 Å². The molecule has 0 spiro atoms. The van der Waals surface area contributed by atoms with Crippen molar-refractivity contribution in [2.75, 3.05) is 5.32 Å². The van der Waals surface area contributed by atoms with Crippen molar-refractivity contribution in [2.24, 2.45) is 0 Å². The Bertz CT molecular complexity index is 1030. The van der Waals surface area contributed by atoms with Crippen LogP contribution in [0.3, 0.4) is 0 Å². The average molecular weight is 356 g/mol. The number of allylic oxidation sites excluding steroid dienone is 2. The number of benzene rings is 2. The topological polar surface area (TPSA) is 55.1 Å². The molecular formula is C23H20N2O2. The highest BCUT2D eigenvalue weighted by Crippen LogP contribution is 2.48. The standard InChI is InChI=1S/C23H20N2O2/c1-14-20-21(16-10-6-3-7-11-16)22-18(24-23(20)27-25-14)12-17(13-19(22)26)15-8-4-2-5-9-15/h2-11,17,21,24H,12-13H2,1H3/t17-,21-/m0/s1. The molecule has 0 saturated heterocycles. The molecule has 2 atom stereocenters. The number of hydrogen-bond donors (Lipinski definition) is 1. The number of ketones is 1. The van der Waals surface area contributed by atoms with Crippen molar-refractivity contribution in [3.05, 3.63) is 94.3 Å². The van der Waals surface area contributed by atoms with Gasteiger partial charge in [-0.3, -0.25) is 4.79 Å². The quantitative estimate of drug-likeness (QED) is 0.706. The molecule has 4 nitrogen and oxygen atoms in total. The Balaban J connectivity index is 1.63. The van der Waals surface area contributed by atoms with Crippen LogP contribution < -0.4 is 5.32 Å². The lowest BCUT2D eigenvalue weighted by molar-refractivity contribution is -0.116. The zero-order valence-corrected chi connectivity index (χ0v) is 15.1. The Labute approximate surface area is 157 Å². The van der Waals surface area contributed by atoms with Crippen molar-refractivity contribution >= 4 is 11.7 Å². The molecule has 0 fully saturated rings. The van der Waals surface area contributed by atoms with Gasteiger partial charge in [-0.1, -0.05) is 65.8 Å². The van der Waals surface area contributed by atoms with Gasteiger partial charge < -0.3 is 9.84 Å². The molecule has 0 bridgehead atoms. The molecule has 0 saturated carbocycles. The molecular weight excluding hydrogens is 336 g/mol. The summed E-state index contributed by atoms with van der Waals surface area (Å²) in [4.78, 5) is 13.3. The summed E-state index contributed by atoms with van der Waals surface area (Å²) < 4.78 is 5.56. The minimum Gasteiger partial charge on any atom is -0.338 e. The third-order valence-electron chi connectivity index (χ3n) is 5.66. The van der Waals surface area contributed by atoms with E-state index in [0.717, 1.165) is 34.5 Å². The highest BCUT2D eigenvalue weighted by Gasteiger charge is 2.40. The maximum Gasteiger partial charge on any atom is 0.233 e. The number of nitrogens with one attached hydrogen (secondary N) is 1. The molecule has 1 N–H and O–H groups in total. The minimum absolute atomic E-state index is 0.118. The maximum absolute atomic E-state index is 13.3. The van der Waals surface area contributed by atoms with E-state index < -0.39 is 0 Å². The van der Waals surface area contributed by atoms with Gasteiger partial charge in [-0.25, -0.2) is 0 Å². The number of fused-ring (bicyclic) bond motifs is 1. The monoisotopic (exact) mass is 356 g/mol. The van der Waals surface area contributed by atoms with Crippen molar-refractivity contribution in [1.82, 2.24) is 5.16 Å². The zero-order valence-electron chi connectivity index (χ0n) is 15.1. The number of aromatic nitrogens is 1. The smallest absolute Gasteiger partial charge is 0.233 e. The molecule has 0 unspecified atom stereocenters. The predicted octanol–water partition coefficient (Wildman–Crippen LogP) is 4.94. The first-order valence-corrected chi connectivity index (χ1v) is 9.31. The van der Waals surface area contributed by atoms with E-state index in [1.54, 1.807) is 0 Å². The molecule has 2 aliphatic rings. The van der Waals surface area contributed by atoms with E-state index in [4.69, 9.17) is 4.52 Å². The first-order chi connectivity index (χ1) is 13.2. The number of nitrogens with zero attached hydrogens (tertiary/aromatic N) is 1. The van der Waals surface area contributed by atoms with Crippen LogP contribution in [0.25, 0.3) is 0 Å². The second kappa shape index (κ2) is 6.23. The molecule has 1 aliphatic carbocycles. The second-order valence-electron chi connectivity index (χ2n) is 7.31. The van der Waals surface area contributed by atoms with Crippen molar-refractivity contribution in [3.63, 3.8) is 0 Å². The number of rotatable bonds is 2. The van der Waals surface area contributed by atoms with Gasteiger partial charge in [0.1, 0.15) is 0 Å². The van der Waals surface area contributed by atoms with Gasteiger partial charge in [0.25, 0.3) is 0 Å². The van der Waals surface area contributed by atoms with Crippen LogP contribution in [0.1, 0.15) is 47.1 Å². The molecule has 134 valence electrons. The summed E-state index contributed by atoms with van der Waals surface area (Å²) in [5.74, 6) is 0.944. The third kappa shape index (κ3) is 2.60. The number of anilines is 1. The minimum atomic E-state index is -0.118. The van der Waals surface area contributed by atoms with Crippen LogP contribution in [-0.2, 0) is 4.79 Å². The van der Waals surface area contributed by atoms with Gasteiger partial charge in [0.05, 0.1) is 11.3 Å². The van der Waals surface area contributed by atoms with Crippen LogP contribution in [-0.4, -0.2) is 10.9 Å². The van der Waals surface area contributed by atoms with E-state index in [0.29, 0.717) is 12.3 Å². The van der Waals surface area contributed by atoms with Gasteiger partial charge in [-0.05, 0) is 30.4 Å². The Kier molecular flexibility index (Phi) is 3.71. The molecule has 0 amide bonds. The fourth-order valence-corrected chi connectivity index (χ4v) is 4.41. The summed E-state index contributed by atoms with van der Waals surface area (Å²) in [7, 11) is 0. The second-order valence-corrected chi connectivity index (χ2v) is 7.31. The molecule has 2 aromatic carbocycles. The molecule has 5 rings (SSSR count). The summed E-state index contributed by atoms with van der Waals surface area (Å²) in [6.07, 6.45) is 1.33. The molecule has 4 heteroatoms. The number of carbonyl (C=O) groups is 1. The van der Waals surface area contributed by atoms with Gasteiger partial charge >= 0.3 is 0 Å². The van der Waals surface area contributed by atoms with E-state index in [1.807, 2.05) is 43.3 Å². The molecule has 3 aromatic rings. The van der Waals surface area contributed by atoms with Crippen LogP contribution in [0.15, 0.2) is 76.5 Å². The Morgan fingerprint density at radius 1 is 0.963 bits per heavy atom. The SMILES string of the molecule is Cc1noc2c1[C@H](c1ccccc1)C1=C(C[C@H](c3ccccc3)CC1=O)N2. The van der Waals surface area contributed by atoms with E-state index in [1.165, 1.54) is 5.56 Å². The Morgan fingerprint density at radius 2 is 1.63 bits per heavy atom. The highest BCUT2D eigenvalue weighted by atomic mass is 16.5. The van der Waals surface area contributed by atoms with E-state index in [9.17, 15) is 4.79 Å². The van der Waals surface area contributed by atoms with Gasteiger partial charge in [-0.15, -0.1) is 0 Å². The van der Waals surface area contributed by atoms with Gasteiger partial charge in [0.15, 0.2) is 5.78 Å². The third-order valence-corrected chi connectivity index (χ3v) is 5.66. The summed E-state index contributed by atoms with van der Waals surface area (Å²) >= 11 is 0. The van der Waals surface area contributed by atoms with Crippen molar-refractivity contribution in [3.8, 4) is 0 Å². The number of hydrogen-bond acceptors (Lipinski definition) is 4. The summed E-state index contributed by atoms with van der Waals surface area (Å²) in [5.41, 5.74) is 5.95. The van der Waals surface area contributed by atoms with Gasteiger partial charge in [0.2, 0.25) is 5.88 Å². The first-order valence-electron chi connectivity index (χ1n) is 9.31. The molecule has 0 radical (unpaired) electrons. The normalized spacial score (nSPS) is 21.4. The van der Waals surface area contributed by atoms with Crippen LogP contribution in [0.5, 0.6) is 0 Å². The fourth-order valence-electron chi connectivity index (χ4n) is 4.41. The highest BCUT2D eigenvalue weighted by molar-refractivity contribution is 6.01. The Hall–Kier alpha value is -3.14. The summed E-state index contributed by atoms with van der Waals surface area (Å²) in [5, 5.41) is 7.54. The maximum atomic E-state index is 13.3. The largest absolute Gasteiger partial charge is 0.338 e. The van der Waals surface area contributed by atoms with Gasteiger partial charge in [0, 0.05) is 23.6 Å². The summed E-state index contributed by atoms with van der Waals surface area (Å²) in [6.45, 7) is 1.94. The van der Waals surface area contributed by atoms with Crippen LogP contribution in [0.4, 0.5) is 5.88 Å². The average Bonchev–Trinajstić information content (AvgIpc) is 3.08. The molecule has 27 heavy (non-hydrogen) atoms. The zero-order chi connectivity index (χ0) is 18.4. The lowest BCUT2D eigenvalue weighted by Crippen LogP contribution is -2.29. The Morgan fingerprint density at radius 3 is 2.33 bits per heavy atom. The lowest BCUT2D eigenvalue weighted by Gasteiger charge is -2.34. The summed E-state index contributed by atoms with van der Waals surface area (Å²) in [6, 6.07) is 20.4.